The summed E-state index contributed by atoms with van der Waals surface area (Å²) in [4.78, 5) is 42.7. The summed E-state index contributed by atoms with van der Waals surface area (Å²) in [6.07, 6.45) is 2.12. The van der Waals surface area contributed by atoms with E-state index in [2.05, 4.69) is 4.99 Å². The Morgan fingerprint density at radius 2 is 1.92 bits per heavy atom. The summed E-state index contributed by atoms with van der Waals surface area (Å²) >= 11 is 7.59. The SMILES string of the molecule is CCOc1cc(/C=c2\sc3n(c2=O)[C@@H](c2ccccc2)C(C(=O)OC)=C(CC)N=3)cc(Cl)c1OCC(=O)O. The van der Waals surface area contributed by atoms with Gasteiger partial charge in [-0.3, -0.25) is 9.36 Å². The molecule has 2 aromatic carbocycles. The fourth-order valence-corrected chi connectivity index (χ4v) is 5.47. The molecule has 198 valence electrons. The van der Waals surface area contributed by atoms with Crippen molar-refractivity contribution >= 4 is 41.0 Å². The largest absolute Gasteiger partial charge is 0.490 e. The summed E-state index contributed by atoms with van der Waals surface area (Å²) in [5.41, 5.74) is 1.84. The number of aliphatic carboxylic acids is 1. The lowest BCUT2D eigenvalue weighted by atomic mass is 9.95. The topological polar surface area (TPSA) is 116 Å². The molecule has 0 saturated carbocycles. The molecule has 1 aromatic heterocycles. The van der Waals surface area contributed by atoms with Crippen LogP contribution in [0.15, 0.2) is 63.5 Å². The molecule has 1 aliphatic heterocycles. The minimum atomic E-state index is -1.15. The second-order valence-electron chi connectivity index (χ2n) is 8.14. The monoisotopic (exact) mass is 556 g/mol. The molecule has 11 heteroatoms. The summed E-state index contributed by atoms with van der Waals surface area (Å²) in [5.74, 6) is -1.34. The van der Waals surface area contributed by atoms with E-state index in [0.717, 1.165) is 5.56 Å². The molecule has 2 heterocycles. The molecule has 0 radical (unpaired) electrons. The van der Waals surface area contributed by atoms with Gasteiger partial charge in [0.2, 0.25) is 0 Å². The van der Waals surface area contributed by atoms with Gasteiger partial charge in [0, 0.05) is 0 Å². The number of ether oxygens (including phenoxy) is 3. The van der Waals surface area contributed by atoms with Gasteiger partial charge in [-0.25, -0.2) is 14.6 Å². The first-order chi connectivity index (χ1) is 18.3. The Labute approximate surface area is 226 Å². The van der Waals surface area contributed by atoms with Crippen LogP contribution in [0.5, 0.6) is 11.5 Å². The molecular formula is C27H25ClN2O7S. The lowest BCUT2D eigenvalue weighted by Crippen LogP contribution is -2.40. The van der Waals surface area contributed by atoms with Crippen LogP contribution in [0.2, 0.25) is 5.02 Å². The number of carboxylic acid groups (broad SMARTS) is 1. The van der Waals surface area contributed by atoms with Crippen molar-refractivity contribution in [3.05, 3.63) is 89.6 Å². The first kappa shape index (κ1) is 27.2. The summed E-state index contributed by atoms with van der Waals surface area (Å²) in [6.45, 7) is 3.37. The molecule has 0 aliphatic carbocycles. The lowest BCUT2D eigenvalue weighted by Gasteiger charge is -2.25. The number of benzene rings is 2. The highest BCUT2D eigenvalue weighted by atomic mass is 35.5. The van der Waals surface area contributed by atoms with Crippen LogP contribution in [-0.2, 0) is 14.3 Å². The number of aromatic nitrogens is 1. The summed E-state index contributed by atoms with van der Waals surface area (Å²) in [6, 6.07) is 11.7. The van der Waals surface area contributed by atoms with Gasteiger partial charge in [-0.05, 0) is 42.7 Å². The predicted molar refractivity (Wildman–Crippen MR) is 143 cm³/mol. The molecule has 1 aliphatic rings. The Morgan fingerprint density at radius 1 is 1.18 bits per heavy atom. The van der Waals surface area contributed by atoms with E-state index >= 15 is 0 Å². The second-order valence-corrected chi connectivity index (χ2v) is 9.56. The van der Waals surface area contributed by atoms with Crippen molar-refractivity contribution in [3.63, 3.8) is 0 Å². The highest BCUT2D eigenvalue weighted by Crippen LogP contribution is 2.37. The van der Waals surface area contributed by atoms with Crippen LogP contribution in [0.3, 0.4) is 0 Å². The van der Waals surface area contributed by atoms with E-state index in [1.807, 2.05) is 37.3 Å². The van der Waals surface area contributed by atoms with Crippen molar-refractivity contribution in [2.75, 3.05) is 20.3 Å². The molecule has 0 spiro atoms. The number of fused-ring (bicyclic) bond motifs is 1. The number of hydrogen-bond donors (Lipinski definition) is 1. The minimum absolute atomic E-state index is 0.105. The van der Waals surface area contributed by atoms with Crippen LogP contribution in [0.25, 0.3) is 6.08 Å². The third-order valence-corrected chi connectivity index (χ3v) is 7.00. The molecule has 1 atom stereocenters. The number of carbonyl (C=O) groups excluding carboxylic acids is 1. The Bertz CT molecular complexity index is 1590. The van der Waals surface area contributed by atoms with Crippen molar-refractivity contribution in [1.82, 2.24) is 4.57 Å². The molecule has 0 amide bonds. The predicted octanol–water partition coefficient (Wildman–Crippen LogP) is 3.31. The highest BCUT2D eigenvalue weighted by molar-refractivity contribution is 7.07. The zero-order chi connectivity index (χ0) is 27.4. The average molecular weight is 557 g/mol. The average Bonchev–Trinajstić information content (AvgIpc) is 3.21. The van der Waals surface area contributed by atoms with Crippen LogP contribution in [0.4, 0.5) is 0 Å². The third-order valence-electron chi connectivity index (χ3n) is 5.74. The van der Waals surface area contributed by atoms with E-state index in [1.54, 1.807) is 25.1 Å². The number of hydrogen-bond acceptors (Lipinski definition) is 8. The number of carbonyl (C=O) groups is 2. The Hall–Kier alpha value is -3.89. The van der Waals surface area contributed by atoms with Gasteiger partial charge in [-0.2, -0.15) is 0 Å². The Morgan fingerprint density at radius 3 is 2.55 bits per heavy atom. The van der Waals surface area contributed by atoms with Gasteiger partial charge < -0.3 is 19.3 Å². The highest BCUT2D eigenvalue weighted by Gasteiger charge is 2.33. The van der Waals surface area contributed by atoms with Crippen LogP contribution in [-0.4, -0.2) is 41.9 Å². The van der Waals surface area contributed by atoms with Crippen molar-refractivity contribution < 1.29 is 28.9 Å². The third kappa shape index (κ3) is 5.36. The standard InChI is InChI=1S/C27H25ClN2O7S/c1-4-18-22(26(34)35-3)23(16-9-7-6-8-10-16)30-25(33)20(38-27(30)29-18)13-15-11-17(28)24(37-14-21(31)32)19(12-15)36-5-2/h6-13,23H,4-5,14H2,1-3H3,(H,31,32)/b20-13-/t23-/m0/s1. The number of carboxylic acids is 1. The van der Waals surface area contributed by atoms with E-state index in [-0.39, 0.29) is 22.1 Å². The Kier molecular flexibility index (Phi) is 8.33. The maximum atomic E-state index is 13.7. The maximum absolute atomic E-state index is 13.7. The van der Waals surface area contributed by atoms with Gasteiger partial charge in [0.15, 0.2) is 22.9 Å². The van der Waals surface area contributed by atoms with Gasteiger partial charge in [-0.15, -0.1) is 0 Å². The van der Waals surface area contributed by atoms with Crippen molar-refractivity contribution in [1.29, 1.82) is 0 Å². The molecule has 0 fully saturated rings. The number of allylic oxidation sites excluding steroid dienone is 1. The summed E-state index contributed by atoms with van der Waals surface area (Å²) in [5, 5.41) is 9.10. The molecule has 38 heavy (non-hydrogen) atoms. The fraction of sp³-hybridized carbons (Fsp3) is 0.259. The Balaban J connectivity index is 1.90. The quantitative estimate of drug-likeness (QED) is 0.402. The van der Waals surface area contributed by atoms with E-state index in [4.69, 9.17) is 30.9 Å². The second kappa shape index (κ2) is 11.7. The normalized spacial score (nSPS) is 15.1. The molecule has 0 saturated heterocycles. The minimum Gasteiger partial charge on any atom is -0.490 e. The zero-order valence-corrected chi connectivity index (χ0v) is 22.5. The molecule has 0 bridgehead atoms. The first-order valence-electron chi connectivity index (χ1n) is 11.8. The molecule has 0 unspecified atom stereocenters. The van der Waals surface area contributed by atoms with Crippen LogP contribution in [0, 0.1) is 0 Å². The number of methoxy groups -OCH3 is 1. The van der Waals surface area contributed by atoms with Gasteiger partial charge in [0.1, 0.15) is 0 Å². The van der Waals surface area contributed by atoms with E-state index in [9.17, 15) is 14.4 Å². The number of esters is 1. The van der Waals surface area contributed by atoms with Gasteiger partial charge in [-0.1, -0.05) is 60.2 Å². The summed E-state index contributed by atoms with van der Waals surface area (Å²) < 4.78 is 17.9. The van der Waals surface area contributed by atoms with Gasteiger partial charge in [0.05, 0.1) is 40.6 Å². The van der Waals surface area contributed by atoms with Crippen LogP contribution in [0.1, 0.15) is 37.4 Å². The number of rotatable bonds is 9. The number of nitrogens with zero attached hydrogens (tertiary/aromatic N) is 2. The zero-order valence-electron chi connectivity index (χ0n) is 20.9. The van der Waals surface area contributed by atoms with E-state index in [0.29, 0.717) is 39.2 Å². The molecule has 1 N–H and O–H groups in total. The van der Waals surface area contributed by atoms with E-state index in [1.165, 1.54) is 23.0 Å². The maximum Gasteiger partial charge on any atom is 0.341 e. The van der Waals surface area contributed by atoms with Crippen molar-refractivity contribution in [2.24, 2.45) is 4.99 Å². The lowest BCUT2D eigenvalue weighted by molar-refractivity contribution is -0.139. The molecule has 9 nitrogen and oxygen atoms in total. The van der Waals surface area contributed by atoms with Crippen molar-refractivity contribution in [2.45, 2.75) is 26.3 Å². The van der Waals surface area contributed by atoms with Gasteiger partial charge >= 0.3 is 11.9 Å². The van der Waals surface area contributed by atoms with E-state index < -0.39 is 24.6 Å². The molecular weight excluding hydrogens is 532 g/mol. The number of halogens is 1. The molecule has 3 aromatic rings. The fourth-order valence-electron chi connectivity index (χ4n) is 4.17. The molecule has 4 rings (SSSR count). The number of thiazole rings is 1. The van der Waals surface area contributed by atoms with Gasteiger partial charge in [0.25, 0.3) is 5.56 Å². The van der Waals surface area contributed by atoms with Crippen LogP contribution >= 0.6 is 22.9 Å². The summed E-state index contributed by atoms with van der Waals surface area (Å²) in [7, 11) is 1.30. The smallest absolute Gasteiger partial charge is 0.341 e. The first-order valence-corrected chi connectivity index (χ1v) is 13.0. The van der Waals surface area contributed by atoms with Crippen molar-refractivity contribution in [3.8, 4) is 11.5 Å². The van der Waals surface area contributed by atoms with Crippen LogP contribution < -0.4 is 24.4 Å².